The first-order chi connectivity index (χ1) is 7.99. The first kappa shape index (κ1) is 15.0. The Bertz CT molecular complexity index is 207. The van der Waals surface area contributed by atoms with Gasteiger partial charge in [0.2, 0.25) is 0 Å². The van der Waals surface area contributed by atoms with E-state index in [2.05, 4.69) is 32.6 Å². The summed E-state index contributed by atoms with van der Waals surface area (Å²) in [6, 6.07) is 0. The highest BCUT2D eigenvalue weighted by molar-refractivity contribution is 4.83. The summed E-state index contributed by atoms with van der Waals surface area (Å²) < 4.78 is 0. The van der Waals surface area contributed by atoms with E-state index < -0.39 is 0 Å². The van der Waals surface area contributed by atoms with Gasteiger partial charge in [-0.25, -0.2) is 0 Å². The molecule has 2 heteroatoms. The van der Waals surface area contributed by atoms with Crippen molar-refractivity contribution in [2.45, 2.75) is 77.9 Å². The molecule has 102 valence electrons. The largest absolute Gasteiger partial charge is 0.393 e. The van der Waals surface area contributed by atoms with E-state index in [0.29, 0.717) is 5.54 Å². The lowest BCUT2D eigenvalue weighted by Crippen LogP contribution is -2.46. The molecule has 1 saturated carbocycles. The lowest BCUT2D eigenvalue weighted by Gasteiger charge is -2.41. The smallest absolute Gasteiger partial charge is 0.0540 e. The number of aliphatic hydroxyl groups excluding tert-OH is 1. The van der Waals surface area contributed by atoms with Crippen LogP contribution < -0.4 is 0 Å². The average molecular weight is 241 g/mol. The third-order valence-corrected chi connectivity index (χ3v) is 4.51. The van der Waals surface area contributed by atoms with Gasteiger partial charge in [-0.1, -0.05) is 13.8 Å². The van der Waals surface area contributed by atoms with Gasteiger partial charge >= 0.3 is 0 Å². The molecule has 1 rings (SSSR count). The van der Waals surface area contributed by atoms with Crippen LogP contribution in [0.3, 0.4) is 0 Å². The number of nitrogens with zero attached hydrogens (tertiary/aromatic N) is 1. The van der Waals surface area contributed by atoms with Crippen molar-refractivity contribution in [2.75, 3.05) is 13.1 Å². The summed E-state index contributed by atoms with van der Waals surface area (Å²) in [6.45, 7) is 11.7. The first-order valence-corrected chi connectivity index (χ1v) is 7.42. The Balaban J connectivity index is 2.49. The van der Waals surface area contributed by atoms with Crippen molar-refractivity contribution < 1.29 is 5.11 Å². The Labute approximate surface area is 107 Å². The second-order valence-electron chi connectivity index (χ2n) is 6.29. The summed E-state index contributed by atoms with van der Waals surface area (Å²) in [5.41, 5.74) is 0.325. The molecule has 0 spiro atoms. The van der Waals surface area contributed by atoms with Gasteiger partial charge in [-0.3, -0.25) is 4.90 Å². The molecule has 1 N–H and O–H groups in total. The minimum absolute atomic E-state index is 0.0231. The monoisotopic (exact) mass is 241 g/mol. The molecule has 0 aromatic heterocycles. The quantitative estimate of drug-likeness (QED) is 0.770. The van der Waals surface area contributed by atoms with Crippen LogP contribution in [0, 0.1) is 5.92 Å². The van der Waals surface area contributed by atoms with Crippen LogP contribution in [0.25, 0.3) is 0 Å². The van der Waals surface area contributed by atoms with Gasteiger partial charge in [0.25, 0.3) is 0 Å². The molecule has 0 aromatic rings. The zero-order valence-electron chi connectivity index (χ0n) is 12.2. The fourth-order valence-corrected chi connectivity index (χ4v) is 2.77. The van der Waals surface area contributed by atoms with E-state index in [9.17, 15) is 5.11 Å². The van der Waals surface area contributed by atoms with Gasteiger partial charge in [-0.15, -0.1) is 0 Å². The van der Waals surface area contributed by atoms with Crippen molar-refractivity contribution in [1.29, 1.82) is 0 Å². The maximum atomic E-state index is 9.56. The Morgan fingerprint density at radius 3 is 2.18 bits per heavy atom. The average Bonchev–Trinajstić information content (AvgIpc) is 2.31. The summed E-state index contributed by atoms with van der Waals surface area (Å²) in [5.74, 6) is 0.802. The zero-order chi connectivity index (χ0) is 12.9. The lowest BCUT2D eigenvalue weighted by molar-refractivity contribution is 0.0581. The van der Waals surface area contributed by atoms with E-state index in [-0.39, 0.29) is 6.10 Å². The summed E-state index contributed by atoms with van der Waals surface area (Å²) in [6.07, 6.45) is 6.86. The maximum Gasteiger partial charge on any atom is 0.0540 e. The number of aliphatic hydroxyl groups is 1. The third-order valence-electron chi connectivity index (χ3n) is 4.51. The molecule has 0 unspecified atom stereocenters. The molecular weight excluding hydrogens is 210 g/mol. The molecule has 0 atom stereocenters. The molecule has 1 fully saturated rings. The molecule has 0 radical (unpaired) electrons. The molecule has 0 saturated heterocycles. The normalized spacial score (nSPS) is 26.5. The van der Waals surface area contributed by atoms with Crippen LogP contribution >= 0.6 is 0 Å². The van der Waals surface area contributed by atoms with Crippen LogP contribution in [0.5, 0.6) is 0 Å². The molecule has 17 heavy (non-hydrogen) atoms. The predicted octanol–water partition coefficient (Wildman–Crippen LogP) is 3.44. The van der Waals surface area contributed by atoms with Crippen molar-refractivity contribution in [3.8, 4) is 0 Å². The summed E-state index contributed by atoms with van der Waals surface area (Å²) in [4.78, 5) is 2.66. The van der Waals surface area contributed by atoms with Crippen LogP contribution in [-0.4, -0.2) is 34.7 Å². The minimum atomic E-state index is -0.0231. The fraction of sp³-hybridized carbons (Fsp3) is 1.00. The fourth-order valence-electron chi connectivity index (χ4n) is 2.77. The summed E-state index contributed by atoms with van der Waals surface area (Å²) in [7, 11) is 0. The predicted molar refractivity (Wildman–Crippen MR) is 74.2 cm³/mol. The Hall–Kier alpha value is -0.0800. The summed E-state index contributed by atoms with van der Waals surface area (Å²) >= 11 is 0. The Morgan fingerprint density at radius 1 is 1.12 bits per heavy atom. The van der Waals surface area contributed by atoms with Crippen LogP contribution in [0.1, 0.15) is 66.2 Å². The molecule has 0 amide bonds. The second-order valence-corrected chi connectivity index (χ2v) is 6.29. The highest BCUT2D eigenvalue weighted by Gasteiger charge is 2.28. The van der Waals surface area contributed by atoms with E-state index in [4.69, 9.17) is 0 Å². The van der Waals surface area contributed by atoms with Crippen molar-refractivity contribution in [2.24, 2.45) is 5.92 Å². The third kappa shape index (κ3) is 4.59. The van der Waals surface area contributed by atoms with Gasteiger partial charge in [0.15, 0.2) is 0 Å². The first-order valence-electron chi connectivity index (χ1n) is 7.42. The zero-order valence-corrected chi connectivity index (χ0v) is 12.2. The molecule has 0 heterocycles. The van der Waals surface area contributed by atoms with Gasteiger partial charge in [-0.2, -0.15) is 0 Å². The van der Waals surface area contributed by atoms with Gasteiger partial charge in [0.05, 0.1) is 6.10 Å². The van der Waals surface area contributed by atoms with Crippen molar-refractivity contribution in [1.82, 2.24) is 4.90 Å². The van der Waals surface area contributed by atoms with Crippen molar-refractivity contribution in [3.63, 3.8) is 0 Å². The topological polar surface area (TPSA) is 23.5 Å². The minimum Gasteiger partial charge on any atom is -0.393 e. The van der Waals surface area contributed by atoms with Gasteiger partial charge < -0.3 is 5.11 Å². The van der Waals surface area contributed by atoms with E-state index in [0.717, 1.165) is 18.8 Å². The standard InChI is InChI=1S/C15H31NO/c1-5-11-16(15(3,4)6-2)12-13-7-9-14(17)10-8-13/h13-14,17H,5-12H2,1-4H3. The number of hydrogen-bond acceptors (Lipinski definition) is 2. The number of rotatable bonds is 6. The van der Waals surface area contributed by atoms with Crippen LogP contribution in [0.4, 0.5) is 0 Å². The van der Waals surface area contributed by atoms with Crippen LogP contribution in [0.2, 0.25) is 0 Å². The molecular formula is C15H31NO. The molecule has 2 nitrogen and oxygen atoms in total. The van der Waals surface area contributed by atoms with Crippen LogP contribution in [-0.2, 0) is 0 Å². The van der Waals surface area contributed by atoms with Gasteiger partial charge in [0, 0.05) is 12.1 Å². The molecule has 0 aliphatic heterocycles. The van der Waals surface area contributed by atoms with Gasteiger partial charge in [0.1, 0.15) is 0 Å². The summed E-state index contributed by atoms with van der Waals surface area (Å²) in [5, 5.41) is 9.56. The highest BCUT2D eigenvalue weighted by atomic mass is 16.3. The van der Waals surface area contributed by atoms with E-state index in [1.807, 2.05) is 0 Å². The SMILES string of the molecule is CCCN(CC1CCC(O)CC1)C(C)(C)CC. The number of hydrogen-bond donors (Lipinski definition) is 1. The Morgan fingerprint density at radius 2 is 1.71 bits per heavy atom. The molecule has 0 aromatic carbocycles. The second kappa shape index (κ2) is 6.75. The Kier molecular flexibility index (Phi) is 5.94. The van der Waals surface area contributed by atoms with E-state index in [1.54, 1.807) is 0 Å². The van der Waals surface area contributed by atoms with Gasteiger partial charge in [-0.05, 0) is 64.8 Å². The van der Waals surface area contributed by atoms with Crippen molar-refractivity contribution in [3.05, 3.63) is 0 Å². The highest BCUT2D eigenvalue weighted by Crippen LogP contribution is 2.28. The molecule has 1 aliphatic carbocycles. The van der Waals surface area contributed by atoms with Crippen LogP contribution in [0.15, 0.2) is 0 Å². The maximum absolute atomic E-state index is 9.56. The molecule has 0 bridgehead atoms. The molecule has 1 aliphatic rings. The van der Waals surface area contributed by atoms with E-state index in [1.165, 1.54) is 38.8 Å². The van der Waals surface area contributed by atoms with E-state index >= 15 is 0 Å². The van der Waals surface area contributed by atoms with Crippen molar-refractivity contribution >= 4 is 0 Å². The lowest BCUT2D eigenvalue weighted by atomic mass is 9.86.